The van der Waals surface area contributed by atoms with Crippen molar-refractivity contribution < 1.29 is 18.0 Å². The van der Waals surface area contributed by atoms with Gasteiger partial charge in [0.2, 0.25) is 5.91 Å². The van der Waals surface area contributed by atoms with Gasteiger partial charge in [-0.3, -0.25) is 4.79 Å². The fourth-order valence-electron chi connectivity index (χ4n) is 2.00. The van der Waals surface area contributed by atoms with Crippen molar-refractivity contribution >= 4 is 35.0 Å². The van der Waals surface area contributed by atoms with Crippen LogP contribution in [0.1, 0.15) is 12.7 Å². The average molecular weight is 382 g/mol. The third-order valence-electron chi connectivity index (χ3n) is 3.33. The third kappa shape index (κ3) is 4.02. The van der Waals surface area contributed by atoms with E-state index in [9.17, 15) is 9.18 Å². The summed E-state index contributed by atoms with van der Waals surface area (Å²) in [5.41, 5.74) is 0.752. The van der Waals surface area contributed by atoms with Crippen LogP contribution >= 0.6 is 23.4 Å². The number of nitrogens with zero attached hydrogens (tertiary/aromatic N) is 2. The molecule has 9 heteroatoms. The van der Waals surface area contributed by atoms with Crippen molar-refractivity contribution in [2.24, 2.45) is 0 Å². The maximum absolute atomic E-state index is 13.7. The zero-order valence-corrected chi connectivity index (χ0v) is 14.8. The minimum atomic E-state index is -0.603. The predicted molar refractivity (Wildman–Crippen MR) is 92.1 cm³/mol. The van der Waals surface area contributed by atoms with E-state index in [0.29, 0.717) is 17.2 Å². The summed E-state index contributed by atoms with van der Waals surface area (Å²) in [6.45, 7) is 3.43. The Bertz CT molecular complexity index is 912. The average Bonchev–Trinajstić information content (AvgIpc) is 3.18. The predicted octanol–water partition coefficient (Wildman–Crippen LogP) is 4.55. The number of furan rings is 1. The van der Waals surface area contributed by atoms with E-state index >= 15 is 0 Å². The number of benzene rings is 1. The molecular weight excluding hydrogens is 369 g/mol. The van der Waals surface area contributed by atoms with Crippen molar-refractivity contribution in [3.8, 4) is 11.5 Å². The van der Waals surface area contributed by atoms with Gasteiger partial charge in [-0.1, -0.05) is 23.4 Å². The molecule has 0 aliphatic carbocycles. The molecule has 1 aromatic carbocycles. The summed E-state index contributed by atoms with van der Waals surface area (Å²) >= 11 is 6.76. The number of thioether (sulfide) groups is 1. The first kappa shape index (κ1) is 17.5. The van der Waals surface area contributed by atoms with Crippen LogP contribution in [-0.2, 0) is 4.79 Å². The molecule has 0 spiro atoms. The Morgan fingerprint density at radius 1 is 1.36 bits per heavy atom. The second-order valence-corrected chi connectivity index (χ2v) is 6.87. The van der Waals surface area contributed by atoms with Gasteiger partial charge in [0.25, 0.3) is 11.1 Å². The van der Waals surface area contributed by atoms with Crippen LogP contribution in [0.4, 0.5) is 10.1 Å². The van der Waals surface area contributed by atoms with Crippen LogP contribution < -0.4 is 5.32 Å². The van der Waals surface area contributed by atoms with Gasteiger partial charge in [-0.15, -0.1) is 10.2 Å². The van der Waals surface area contributed by atoms with E-state index in [1.54, 1.807) is 19.9 Å². The summed E-state index contributed by atoms with van der Waals surface area (Å²) in [4.78, 5) is 12.2. The molecule has 1 N–H and O–H groups in total. The van der Waals surface area contributed by atoms with E-state index in [2.05, 4.69) is 15.5 Å². The number of nitrogens with one attached hydrogen (secondary N) is 1. The third-order valence-corrected chi connectivity index (χ3v) is 4.50. The molecule has 0 saturated heterocycles. The lowest BCUT2D eigenvalue weighted by Gasteiger charge is -2.10. The van der Waals surface area contributed by atoms with Gasteiger partial charge in [0.15, 0.2) is 0 Å². The highest BCUT2D eigenvalue weighted by molar-refractivity contribution is 8.00. The number of halogens is 2. The van der Waals surface area contributed by atoms with Gasteiger partial charge in [0.1, 0.15) is 11.6 Å². The molecule has 0 radical (unpaired) electrons. The lowest BCUT2D eigenvalue weighted by molar-refractivity contribution is -0.115. The van der Waals surface area contributed by atoms with Crippen molar-refractivity contribution in [2.75, 3.05) is 5.32 Å². The van der Waals surface area contributed by atoms with E-state index in [4.69, 9.17) is 20.4 Å². The number of hydrogen-bond donors (Lipinski definition) is 1. The van der Waals surface area contributed by atoms with Gasteiger partial charge in [-0.25, -0.2) is 4.39 Å². The number of carbonyl (C=O) groups is 1. The standard InChI is InChI=1S/C16H13ClFN3O3S/c1-8-11(5-6-23-8)15-20-21-16(24-15)25-9(2)14(22)19-13-4-3-10(17)7-12(13)18/h3-7,9H,1-2H3,(H,19,22)/t9-/m0/s1. The number of aryl methyl sites for hydroxylation is 1. The van der Waals surface area contributed by atoms with Crippen molar-refractivity contribution in [3.05, 3.63) is 47.1 Å². The molecule has 0 fully saturated rings. The number of aromatic nitrogens is 2. The zero-order chi connectivity index (χ0) is 18.0. The molecule has 2 heterocycles. The lowest BCUT2D eigenvalue weighted by atomic mass is 10.3. The second-order valence-electron chi connectivity index (χ2n) is 5.14. The number of carbonyl (C=O) groups excluding carboxylic acids is 1. The van der Waals surface area contributed by atoms with Crippen LogP contribution in [0.15, 0.2) is 44.6 Å². The molecule has 0 bridgehead atoms. The van der Waals surface area contributed by atoms with Crippen LogP contribution in [0, 0.1) is 12.7 Å². The molecule has 1 atom stereocenters. The molecule has 2 aromatic heterocycles. The smallest absolute Gasteiger partial charge is 0.277 e. The molecule has 1 amide bonds. The Labute approximate surface area is 151 Å². The van der Waals surface area contributed by atoms with E-state index in [0.717, 1.165) is 17.8 Å². The lowest BCUT2D eigenvalue weighted by Crippen LogP contribution is -2.23. The summed E-state index contributed by atoms with van der Waals surface area (Å²) in [6.07, 6.45) is 1.53. The molecule has 0 aliphatic rings. The first-order valence-corrected chi connectivity index (χ1v) is 8.50. The van der Waals surface area contributed by atoms with Crippen LogP contribution in [0.25, 0.3) is 11.5 Å². The number of rotatable bonds is 5. The number of hydrogen-bond acceptors (Lipinski definition) is 6. The molecule has 25 heavy (non-hydrogen) atoms. The van der Waals surface area contributed by atoms with E-state index in [-0.39, 0.29) is 15.9 Å². The Hall–Kier alpha value is -2.32. The summed E-state index contributed by atoms with van der Waals surface area (Å²) in [6, 6.07) is 5.75. The van der Waals surface area contributed by atoms with Gasteiger partial charge in [0.05, 0.1) is 22.8 Å². The SMILES string of the molecule is Cc1occc1-c1nnc(S[C@@H](C)C(=O)Nc2ccc(Cl)cc2F)o1. The van der Waals surface area contributed by atoms with Crippen molar-refractivity contribution in [1.82, 2.24) is 10.2 Å². The minimum Gasteiger partial charge on any atom is -0.469 e. The Morgan fingerprint density at radius 2 is 2.16 bits per heavy atom. The molecule has 0 aliphatic heterocycles. The number of amides is 1. The molecule has 3 rings (SSSR count). The van der Waals surface area contributed by atoms with Crippen LogP contribution in [-0.4, -0.2) is 21.4 Å². The molecule has 130 valence electrons. The summed E-state index contributed by atoms with van der Waals surface area (Å²) in [5, 5.41) is 10.3. The highest BCUT2D eigenvalue weighted by Gasteiger charge is 2.20. The van der Waals surface area contributed by atoms with Gasteiger partial charge in [0, 0.05) is 5.02 Å². The minimum absolute atomic E-state index is 0.0575. The van der Waals surface area contributed by atoms with Gasteiger partial charge in [-0.2, -0.15) is 0 Å². The van der Waals surface area contributed by atoms with Crippen LogP contribution in [0.2, 0.25) is 5.02 Å². The van der Waals surface area contributed by atoms with Gasteiger partial charge >= 0.3 is 0 Å². The Morgan fingerprint density at radius 3 is 2.84 bits per heavy atom. The van der Waals surface area contributed by atoms with Crippen molar-refractivity contribution in [2.45, 2.75) is 24.3 Å². The summed E-state index contributed by atoms with van der Waals surface area (Å²) in [5.74, 6) is -0.0340. The highest BCUT2D eigenvalue weighted by Crippen LogP contribution is 2.29. The largest absolute Gasteiger partial charge is 0.469 e. The highest BCUT2D eigenvalue weighted by atomic mass is 35.5. The summed E-state index contributed by atoms with van der Waals surface area (Å²) in [7, 11) is 0. The first-order chi connectivity index (χ1) is 11.9. The maximum atomic E-state index is 13.7. The van der Waals surface area contributed by atoms with Crippen LogP contribution in [0.5, 0.6) is 0 Å². The van der Waals surface area contributed by atoms with E-state index < -0.39 is 17.0 Å². The Kier molecular flexibility index (Phi) is 5.10. The Balaban J connectivity index is 1.66. The topological polar surface area (TPSA) is 81.2 Å². The monoisotopic (exact) mass is 381 g/mol. The molecular formula is C16H13ClFN3O3S. The van der Waals surface area contributed by atoms with Crippen molar-refractivity contribution in [3.63, 3.8) is 0 Å². The van der Waals surface area contributed by atoms with E-state index in [1.807, 2.05) is 0 Å². The fourth-order valence-corrected chi connectivity index (χ4v) is 2.85. The molecule has 6 nitrogen and oxygen atoms in total. The van der Waals surface area contributed by atoms with Crippen LogP contribution in [0.3, 0.4) is 0 Å². The normalized spacial score (nSPS) is 12.2. The first-order valence-electron chi connectivity index (χ1n) is 7.24. The second kappa shape index (κ2) is 7.28. The van der Waals surface area contributed by atoms with Gasteiger partial charge < -0.3 is 14.2 Å². The maximum Gasteiger partial charge on any atom is 0.277 e. The zero-order valence-electron chi connectivity index (χ0n) is 13.2. The molecule has 3 aromatic rings. The fraction of sp³-hybridized carbons (Fsp3) is 0.188. The number of anilines is 1. The van der Waals surface area contributed by atoms with Crippen molar-refractivity contribution in [1.29, 1.82) is 0 Å². The van der Waals surface area contributed by atoms with E-state index in [1.165, 1.54) is 18.4 Å². The molecule has 0 saturated carbocycles. The molecule has 0 unspecified atom stereocenters. The quantitative estimate of drug-likeness (QED) is 0.653. The summed E-state index contributed by atoms with van der Waals surface area (Å²) < 4.78 is 24.5. The van der Waals surface area contributed by atoms with Gasteiger partial charge in [-0.05, 0) is 38.1 Å².